The van der Waals surface area contributed by atoms with Crippen LogP contribution in [0.4, 0.5) is 17.6 Å². The molecule has 0 saturated heterocycles. The molecule has 0 spiro atoms. The van der Waals surface area contributed by atoms with Crippen LogP contribution in [-0.4, -0.2) is 30.2 Å². The van der Waals surface area contributed by atoms with E-state index in [-0.39, 0.29) is 12.1 Å². The van der Waals surface area contributed by atoms with Crippen molar-refractivity contribution in [2.75, 3.05) is 13.1 Å². The number of halogens is 4. The van der Waals surface area contributed by atoms with Crippen LogP contribution in [-0.2, 0) is 0 Å². The van der Waals surface area contributed by atoms with Crippen molar-refractivity contribution in [1.82, 2.24) is 4.90 Å². The lowest BCUT2D eigenvalue weighted by molar-refractivity contribution is -0.151. The van der Waals surface area contributed by atoms with Gasteiger partial charge in [-0.05, 0) is 19.0 Å². The Balaban J connectivity index is 3.14. The first-order chi connectivity index (χ1) is 9.30. The van der Waals surface area contributed by atoms with Gasteiger partial charge in [-0.25, -0.2) is 4.39 Å². The quantitative estimate of drug-likeness (QED) is 0.813. The molecule has 0 amide bonds. The Morgan fingerprint density at radius 2 is 1.80 bits per heavy atom. The second-order valence-corrected chi connectivity index (χ2v) is 4.72. The van der Waals surface area contributed by atoms with E-state index in [1.54, 1.807) is 19.9 Å². The molecule has 1 rings (SSSR count). The van der Waals surface area contributed by atoms with Crippen LogP contribution in [0.15, 0.2) is 24.3 Å². The highest BCUT2D eigenvalue weighted by molar-refractivity contribution is 5.23. The van der Waals surface area contributed by atoms with E-state index in [1.165, 1.54) is 23.1 Å². The molecule has 0 fully saturated rings. The third-order valence-electron chi connectivity index (χ3n) is 3.28. The molecule has 1 aromatic rings. The molecule has 2 nitrogen and oxygen atoms in total. The van der Waals surface area contributed by atoms with Crippen LogP contribution in [0.3, 0.4) is 0 Å². The van der Waals surface area contributed by atoms with E-state index in [0.717, 1.165) is 0 Å². The average molecular weight is 292 g/mol. The Hall–Kier alpha value is -1.14. The van der Waals surface area contributed by atoms with E-state index in [2.05, 4.69) is 0 Å². The van der Waals surface area contributed by atoms with Gasteiger partial charge in [0.2, 0.25) is 0 Å². The average Bonchev–Trinajstić information content (AvgIpc) is 2.38. The molecule has 20 heavy (non-hydrogen) atoms. The summed E-state index contributed by atoms with van der Waals surface area (Å²) in [7, 11) is 0. The Labute approximate surface area is 116 Å². The first-order valence-corrected chi connectivity index (χ1v) is 6.61. The summed E-state index contributed by atoms with van der Waals surface area (Å²) in [6, 6.07) is 4.51. The van der Waals surface area contributed by atoms with Crippen molar-refractivity contribution in [3.05, 3.63) is 35.6 Å². The van der Waals surface area contributed by atoms with Gasteiger partial charge in [0.15, 0.2) is 0 Å². The standard InChI is InChI=1S/C14H20F4N2/c1-3-12(19)13(10-7-5-6-8-11(10)15)20(4-2)9-14(16,17)18/h5-8,12-13H,3-4,9,19H2,1-2H3. The highest BCUT2D eigenvalue weighted by atomic mass is 19.4. The van der Waals surface area contributed by atoms with Crippen LogP contribution in [0.25, 0.3) is 0 Å². The molecule has 0 radical (unpaired) electrons. The van der Waals surface area contributed by atoms with Crippen molar-refractivity contribution >= 4 is 0 Å². The molecule has 0 aromatic heterocycles. The van der Waals surface area contributed by atoms with E-state index in [0.29, 0.717) is 6.42 Å². The Kier molecular flexibility index (Phi) is 5.95. The number of benzene rings is 1. The monoisotopic (exact) mass is 292 g/mol. The fraction of sp³-hybridized carbons (Fsp3) is 0.571. The van der Waals surface area contributed by atoms with Gasteiger partial charge in [-0.2, -0.15) is 13.2 Å². The molecular weight excluding hydrogens is 272 g/mol. The van der Waals surface area contributed by atoms with Crippen LogP contribution >= 0.6 is 0 Å². The maximum Gasteiger partial charge on any atom is 0.401 e. The first kappa shape index (κ1) is 16.9. The molecule has 0 aliphatic rings. The lowest BCUT2D eigenvalue weighted by Crippen LogP contribution is -2.45. The molecular formula is C14H20F4N2. The minimum Gasteiger partial charge on any atom is -0.326 e. The van der Waals surface area contributed by atoms with E-state index in [4.69, 9.17) is 5.73 Å². The molecule has 0 aliphatic heterocycles. The van der Waals surface area contributed by atoms with Gasteiger partial charge in [0.25, 0.3) is 0 Å². The summed E-state index contributed by atoms with van der Waals surface area (Å²) in [5.74, 6) is -0.526. The molecule has 0 aliphatic carbocycles. The molecule has 0 bridgehead atoms. The number of hydrogen-bond acceptors (Lipinski definition) is 2. The number of rotatable bonds is 6. The minimum absolute atomic E-state index is 0.145. The highest BCUT2D eigenvalue weighted by Crippen LogP contribution is 2.30. The smallest absolute Gasteiger partial charge is 0.326 e. The molecule has 1 aromatic carbocycles. The predicted octanol–water partition coefficient (Wildman–Crippen LogP) is 3.49. The number of nitrogens with zero attached hydrogens (tertiary/aromatic N) is 1. The van der Waals surface area contributed by atoms with Gasteiger partial charge in [-0.3, -0.25) is 4.90 Å². The summed E-state index contributed by atoms with van der Waals surface area (Å²) in [6.07, 6.45) is -3.87. The largest absolute Gasteiger partial charge is 0.401 e. The normalized spacial score (nSPS) is 15.4. The Morgan fingerprint density at radius 3 is 2.25 bits per heavy atom. The second kappa shape index (κ2) is 7.04. The van der Waals surface area contributed by atoms with Gasteiger partial charge in [-0.1, -0.05) is 32.0 Å². The van der Waals surface area contributed by atoms with Crippen LogP contribution in [0, 0.1) is 5.82 Å². The fourth-order valence-corrected chi connectivity index (χ4v) is 2.27. The predicted molar refractivity (Wildman–Crippen MR) is 70.7 cm³/mol. The molecule has 6 heteroatoms. The lowest BCUT2D eigenvalue weighted by Gasteiger charge is -2.35. The van der Waals surface area contributed by atoms with Gasteiger partial charge in [0.05, 0.1) is 12.6 Å². The fourth-order valence-electron chi connectivity index (χ4n) is 2.27. The maximum absolute atomic E-state index is 13.9. The summed E-state index contributed by atoms with van der Waals surface area (Å²) in [5, 5.41) is 0. The van der Waals surface area contributed by atoms with Crippen LogP contribution in [0.2, 0.25) is 0 Å². The van der Waals surface area contributed by atoms with Crippen LogP contribution < -0.4 is 5.73 Å². The summed E-state index contributed by atoms with van der Waals surface area (Å²) in [6.45, 7) is 2.43. The van der Waals surface area contributed by atoms with Crippen molar-refractivity contribution in [3.63, 3.8) is 0 Å². The summed E-state index contributed by atoms with van der Waals surface area (Å²) in [4.78, 5) is 1.17. The second-order valence-electron chi connectivity index (χ2n) is 4.72. The number of alkyl halides is 3. The zero-order valence-electron chi connectivity index (χ0n) is 11.6. The Morgan fingerprint density at radius 1 is 1.20 bits per heavy atom. The zero-order valence-corrected chi connectivity index (χ0v) is 11.6. The van der Waals surface area contributed by atoms with Gasteiger partial charge in [0.1, 0.15) is 5.82 Å². The highest BCUT2D eigenvalue weighted by Gasteiger charge is 2.36. The van der Waals surface area contributed by atoms with Gasteiger partial charge in [0, 0.05) is 11.6 Å². The summed E-state index contributed by atoms with van der Waals surface area (Å²) >= 11 is 0. The van der Waals surface area contributed by atoms with E-state index >= 15 is 0 Å². The van der Waals surface area contributed by atoms with Gasteiger partial charge in [-0.15, -0.1) is 0 Å². The van der Waals surface area contributed by atoms with Crippen molar-refractivity contribution < 1.29 is 17.6 Å². The maximum atomic E-state index is 13.9. The van der Waals surface area contributed by atoms with E-state index in [1.807, 2.05) is 0 Å². The molecule has 2 unspecified atom stereocenters. The van der Waals surface area contributed by atoms with E-state index in [9.17, 15) is 17.6 Å². The number of hydrogen-bond donors (Lipinski definition) is 1. The topological polar surface area (TPSA) is 29.3 Å². The van der Waals surface area contributed by atoms with Crippen molar-refractivity contribution in [2.24, 2.45) is 5.73 Å². The third kappa shape index (κ3) is 4.45. The van der Waals surface area contributed by atoms with Crippen LogP contribution in [0.5, 0.6) is 0 Å². The van der Waals surface area contributed by atoms with Crippen LogP contribution in [0.1, 0.15) is 31.9 Å². The van der Waals surface area contributed by atoms with E-state index < -0.39 is 30.6 Å². The SMILES string of the molecule is CCC(N)C(c1ccccc1F)N(CC)CC(F)(F)F. The molecule has 2 N–H and O–H groups in total. The van der Waals surface area contributed by atoms with Crippen molar-refractivity contribution in [2.45, 2.75) is 38.5 Å². The van der Waals surface area contributed by atoms with Gasteiger partial charge < -0.3 is 5.73 Å². The zero-order chi connectivity index (χ0) is 15.3. The molecule has 2 atom stereocenters. The molecule has 0 heterocycles. The minimum atomic E-state index is -4.34. The third-order valence-corrected chi connectivity index (χ3v) is 3.28. The number of likely N-dealkylation sites (N-methyl/N-ethyl adjacent to an activating group) is 1. The lowest BCUT2D eigenvalue weighted by atomic mass is 9.95. The van der Waals surface area contributed by atoms with Crippen molar-refractivity contribution in [3.8, 4) is 0 Å². The van der Waals surface area contributed by atoms with Crippen molar-refractivity contribution in [1.29, 1.82) is 0 Å². The summed E-state index contributed by atoms with van der Waals surface area (Å²) in [5.41, 5.74) is 6.15. The Bertz CT molecular complexity index is 420. The summed E-state index contributed by atoms with van der Waals surface area (Å²) < 4.78 is 51.9. The molecule has 114 valence electrons. The first-order valence-electron chi connectivity index (χ1n) is 6.61. The molecule has 0 saturated carbocycles. The van der Waals surface area contributed by atoms with Gasteiger partial charge >= 0.3 is 6.18 Å². The number of nitrogens with two attached hydrogens (primary N) is 1.